The maximum atomic E-state index is 10.8. The molecule has 0 heterocycles. The van der Waals surface area contributed by atoms with Gasteiger partial charge in [-0.3, -0.25) is 4.79 Å². The van der Waals surface area contributed by atoms with Crippen molar-refractivity contribution in [2.24, 2.45) is 0 Å². The summed E-state index contributed by atoms with van der Waals surface area (Å²) in [5.74, 6) is -0.0616. The summed E-state index contributed by atoms with van der Waals surface area (Å²) in [7, 11) is 1.58. The fourth-order valence-corrected chi connectivity index (χ4v) is 0.590. The molecule has 10 heavy (non-hydrogen) atoms. The molecule has 0 spiro atoms. The van der Waals surface area contributed by atoms with Gasteiger partial charge in [0.1, 0.15) is 0 Å². The highest BCUT2D eigenvalue weighted by molar-refractivity contribution is 5.80. The first-order valence-electron chi connectivity index (χ1n) is 3.28. The molecule has 0 saturated heterocycles. The number of aliphatic hydroxyl groups is 1. The third-order valence-electron chi connectivity index (χ3n) is 1.20. The third kappa shape index (κ3) is 3.42. The molecule has 0 aliphatic rings. The van der Waals surface area contributed by atoms with E-state index in [4.69, 9.17) is 5.11 Å². The maximum Gasteiger partial charge on any atom is 0.236 e. The van der Waals surface area contributed by atoms with E-state index in [0.717, 1.165) is 0 Å². The summed E-state index contributed by atoms with van der Waals surface area (Å²) in [6.45, 7) is 2.25. The largest absolute Gasteiger partial charge is 0.395 e. The molecular formula is C6H14N2O2. The number of rotatable bonds is 4. The van der Waals surface area contributed by atoms with E-state index in [2.05, 4.69) is 10.6 Å². The van der Waals surface area contributed by atoms with Gasteiger partial charge in [0.2, 0.25) is 5.91 Å². The van der Waals surface area contributed by atoms with Gasteiger partial charge in [-0.15, -0.1) is 0 Å². The Bertz CT molecular complexity index is 106. The van der Waals surface area contributed by atoms with Crippen molar-refractivity contribution in [2.75, 3.05) is 20.2 Å². The van der Waals surface area contributed by atoms with Crippen LogP contribution in [0, 0.1) is 0 Å². The molecule has 0 rings (SSSR count). The van der Waals surface area contributed by atoms with Crippen molar-refractivity contribution in [3.63, 3.8) is 0 Å². The first-order chi connectivity index (χ1) is 4.72. The summed E-state index contributed by atoms with van der Waals surface area (Å²) in [4.78, 5) is 10.8. The number of carbonyl (C=O) groups excluding carboxylic acids is 1. The minimum absolute atomic E-state index is 0.0569. The zero-order chi connectivity index (χ0) is 7.98. The van der Waals surface area contributed by atoms with E-state index in [1.165, 1.54) is 0 Å². The summed E-state index contributed by atoms with van der Waals surface area (Å²) < 4.78 is 0. The highest BCUT2D eigenvalue weighted by atomic mass is 16.3. The Morgan fingerprint density at radius 3 is 2.70 bits per heavy atom. The van der Waals surface area contributed by atoms with Gasteiger partial charge in [0.05, 0.1) is 12.6 Å². The van der Waals surface area contributed by atoms with E-state index >= 15 is 0 Å². The van der Waals surface area contributed by atoms with E-state index in [9.17, 15) is 4.79 Å². The number of likely N-dealkylation sites (N-methyl/N-ethyl adjacent to an activating group) is 1. The number of hydrogen-bond acceptors (Lipinski definition) is 3. The first-order valence-corrected chi connectivity index (χ1v) is 3.28. The molecule has 0 aromatic rings. The lowest BCUT2D eigenvalue weighted by Crippen LogP contribution is -2.41. The Kier molecular flexibility index (Phi) is 4.88. The van der Waals surface area contributed by atoms with E-state index in [-0.39, 0.29) is 18.6 Å². The number of nitrogens with one attached hydrogen (secondary N) is 2. The van der Waals surface area contributed by atoms with Crippen molar-refractivity contribution in [1.29, 1.82) is 0 Å². The van der Waals surface area contributed by atoms with Crippen molar-refractivity contribution < 1.29 is 9.90 Å². The summed E-state index contributed by atoms with van der Waals surface area (Å²) in [5, 5.41) is 13.7. The number of carbonyl (C=O) groups is 1. The quantitative estimate of drug-likeness (QED) is 0.462. The SMILES string of the molecule is CNC(=O)C(C)NCCO. The van der Waals surface area contributed by atoms with Crippen molar-refractivity contribution in [2.45, 2.75) is 13.0 Å². The molecule has 60 valence electrons. The Hall–Kier alpha value is -0.610. The lowest BCUT2D eigenvalue weighted by Gasteiger charge is -2.09. The Labute approximate surface area is 60.6 Å². The molecule has 0 bridgehead atoms. The summed E-state index contributed by atoms with van der Waals surface area (Å²) in [6, 6.07) is -0.225. The van der Waals surface area contributed by atoms with Crippen LogP contribution in [0.1, 0.15) is 6.92 Å². The van der Waals surface area contributed by atoms with Gasteiger partial charge < -0.3 is 15.7 Å². The second-order valence-electron chi connectivity index (χ2n) is 2.01. The fraction of sp³-hybridized carbons (Fsp3) is 0.833. The molecule has 0 saturated carbocycles. The normalized spacial score (nSPS) is 12.7. The van der Waals surface area contributed by atoms with Crippen LogP contribution in [-0.2, 0) is 4.79 Å². The van der Waals surface area contributed by atoms with Gasteiger partial charge in [-0.25, -0.2) is 0 Å². The van der Waals surface area contributed by atoms with Crippen LogP contribution >= 0.6 is 0 Å². The molecule has 0 aliphatic carbocycles. The standard InChI is InChI=1S/C6H14N2O2/c1-5(6(10)7-2)8-3-4-9/h5,8-9H,3-4H2,1-2H3,(H,7,10). The van der Waals surface area contributed by atoms with Crippen molar-refractivity contribution >= 4 is 5.91 Å². The average Bonchev–Trinajstić information content (AvgIpc) is 1.98. The average molecular weight is 146 g/mol. The Morgan fingerprint density at radius 1 is 1.70 bits per heavy atom. The topological polar surface area (TPSA) is 61.4 Å². The summed E-state index contributed by atoms with van der Waals surface area (Å²) >= 11 is 0. The van der Waals surface area contributed by atoms with Gasteiger partial charge in [-0.2, -0.15) is 0 Å². The van der Waals surface area contributed by atoms with Crippen LogP contribution in [0.5, 0.6) is 0 Å². The van der Waals surface area contributed by atoms with Gasteiger partial charge in [-0.1, -0.05) is 0 Å². The molecule has 3 N–H and O–H groups in total. The van der Waals surface area contributed by atoms with Crippen LogP contribution in [0.25, 0.3) is 0 Å². The second-order valence-corrected chi connectivity index (χ2v) is 2.01. The monoisotopic (exact) mass is 146 g/mol. The predicted octanol–water partition coefficient (Wildman–Crippen LogP) is -1.30. The smallest absolute Gasteiger partial charge is 0.236 e. The van der Waals surface area contributed by atoms with Crippen molar-refractivity contribution in [1.82, 2.24) is 10.6 Å². The van der Waals surface area contributed by atoms with Crippen molar-refractivity contribution in [3.8, 4) is 0 Å². The molecule has 0 radical (unpaired) electrons. The zero-order valence-corrected chi connectivity index (χ0v) is 6.35. The minimum atomic E-state index is -0.225. The molecular weight excluding hydrogens is 132 g/mol. The van der Waals surface area contributed by atoms with E-state index in [0.29, 0.717) is 6.54 Å². The maximum absolute atomic E-state index is 10.8. The Balaban J connectivity index is 3.41. The Morgan fingerprint density at radius 2 is 2.30 bits per heavy atom. The lowest BCUT2D eigenvalue weighted by molar-refractivity contribution is -0.122. The van der Waals surface area contributed by atoms with Crippen LogP contribution in [0.3, 0.4) is 0 Å². The van der Waals surface area contributed by atoms with E-state index in [1.54, 1.807) is 14.0 Å². The highest BCUT2D eigenvalue weighted by Gasteiger charge is 2.07. The zero-order valence-electron chi connectivity index (χ0n) is 6.35. The van der Waals surface area contributed by atoms with Crippen molar-refractivity contribution in [3.05, 3.63) is 0 Å². The molecule has 4 nitrogen and oxygen atoms in total. The van der Waals surface area contributed by atoms with Gasteiger partial charge in [0.25, 0.3) is 0 Å². The molecule has 0 aromatic carbocycles. The lowest BCUT2D eigenvalue weighted by atomic mass is 10.3. The van der Waals surface area contributed by atoms with Crippen LogP contribution in [-0.4, -0.2) is 37.3 Å². The summed E-state index contributed by atoms with van der Waals surface area (Å²) in [6.07, 6.45) is 0. The van der Waals surface area contributed by atoms with E-state index < -0.39 is 0 Å². The van der Waals surface area contributed by atoms with Crippen LogP contribution in [0.15, 0.2) is 0 Å². The first kappa shape index (κ1) is 9.39. The van der Waals surface area contributed by atoms with Gasteiger partial charge in [0.15, 0.2) is 0 Å². The predicted molar refractivity (Wildman–Crippen MR) is 38.6 cm³/mol. The molecule has 1 amide bonds. The molecule has 0 aliphatic heterocycles. The van der Waals surface area contributed by atoms with Crippen LogP contribution in [0.2, 0.25) is 0 Å². The van der Waals surface area contributed by atoms with Gasteiger partial charge >= 0.3 is 0 Å². The van der Waals surface area contributed by atoms with Gasteiger partial charge in [-0.05, 0) is 6.92 Å². The van der Waals surface area contributed by atoms with E-state index in [1.807, 2.05) is 0 Å². The third-order valence-corrected chi connectivity index (χ3v) is 1.20. The molecule has 1 unspecified atom stereocenters. The minimum Gasteiger partial charge on any atom is -0.395 e. The fourth-order valence-electron chi connectivity index (χ4n) is 0.590. The van der Waals surface area contributed by atoms with Gasteiger partial charge in [0, 0.05) is 13.6 Å². The second kappa shape index (κ2) is 5.20. The van der Waals surface area contributed by atoms with Crippen LogP contribution in [0.4, 0.5) is 0 Å². The highest BCUT2D eigenvalue weighted by Crippen LogP contribution is 1.78. The molecule has 0 aromatic heterocycles. The number of hydrogen-bond donors (Lipinski definition) is 3. The van der Waals surface area contributed by atoms with Crippen LogP contribution < -0.4 is 10.6 Å². The molecule has 0 fully saturated rings. The number of amides is 1. The molecule has 1 atom stereocenters. The number of aliphatic hydroxyl groups excluding tert-OH is 1. The summed E-state index contributed by atoms with van der Waals surface area (Å²) in [5.41, 5.74) is 0. The molecule has 4 heteroatoms.